The van der Waals surface area contributed by atoms with Gasteiger partial charge >= 0.3 is 0 Å². The molecular weight excluding hydrogens is 176 g/mol. The number of nitrogens with zero attached hydrogens (tertiary/aromatic N) is 1. The zero-order valence-corrected chi connectivity index (χ0v) is 8.98. The summed E-state index contributed by atoms with van der Waals surface area (Å²) in [6, 6.07) is -0.000926. The molecular formula is C11H20N2O. The summed E-state index contributed by atoms with van der Waals surface area (Å²) in [6.07, 6.45) is 8.10. The zero-order chi connectivity index (χ0) is 10.6. The predicted molar refractivity (Wildman–Crippen MR) is 59.0 cm³/mol. The summed E-state index contributed by atoms with van der Waals surface area (Å²) in [5.41, 5.74) is 5.90. The molecule has 0 saturated heterocycles. The average molecular weight is 196 g/mol. The molecule has 0 radical (unpaired) electrons. The number of β-amino-alcohol motifs (C(OH)–C–C–N with tert-alkyl or cyclic N) is 1. The Kier molecular flexibility index (Phi) is 3.86. The van der Waals surface area contributed by atoms with E-state index in [9.17, 15) is 0 Å². The van der Waals surface area contributed by atoms with Crippen molar-refractivity contribution in [2.45, 2.75) is 25.4 Å². The Morgan fingerprint density at radius 2 is 2.21 bits per heavy atom. The van der Waals surface area contributed by atoms with Crippen LogP contribution >= 0.6 is 0 Å². The fourth-order valence-electron chi connectivity index (χ4n) is 1.92. The molecule has 0 spiro atoms. The molecule has 0 aliphatic heterocycles. The van der Waals surface area contributed by atoms with Crippen molar-refractivity contribution < 1.29 is 5.11 Å². The summed E-state index contributed by atoms with van der Waals surface area (Å²) >= 11 is 0. The van der Waals surface area contributed by atoms with E-state index in [1.54, 1.807) is 0 Å². The molecule has 0 heterocycles. The van der Waals surface area contributed by atoms with Gasteiger partial charge in [0.15, 0.2) is 0 Å². The highest BCUT2D eigenvalue weighted by Crippen LogP contribution is 2.23. The number of rotatable bonds is 4. The Hall–Kier alpha value is -0.640. The monoisotopic (exact) mass is 196 g/mol. The van der Waals surface area contributed by atoms with Gasteiger partial charge in [0.25, 0.3) is 0 Å². The van der Waals surface area contributed by atoms with E-state index in [2.05, 4.69) is 24.8 Å². The van der Waals surface area contributed by atoms with Crippen LogP contribution in [0.2, 0.25) is 0 Å². The normalized spacial score (nSPS) is 31.4. The Balaban J connectivity index is 2.80. The van der Waals surface area contributed by atoms with Crippen molar-refractivity contribution >= 4 is 0 Å². The molecule has 0 saturated carbocycles. The van der Waals surface area contributed by atoms with Gasteiger partial charge in [-0.25, -0.2) is 0 Å². The van der Waals surface area contributed by atoms with E-state index >= 15 is 0 Å². The first-order valence-corrected chi connectivity index (χ1v) is 5.12. The summed E-state index contributed by atoms with van der Waals surface area (Å²) in [6.45, 7) is 5.92. The van der Waals surface area contributed by atoms with Crippen molar-refractivity contribution in [2.75, 3.05) is 19.7 Å². The van der Waals surface area contributed by atoms with Crippen molar-refractivity contribution in [2.24, 2.45) is 5.73 Å². The van der Waals surface area contributed by atoms with Crippen LogP contribution in [0.4, 0.5) is 0 Å². The average Bonchev–Trinajstić information content (AvgIpc) is 2.19. The Morgan fingerprint density at radius 3 is 2.71 bits per heavy atom. The van der Waals surface area contributed by atoms with Gasteiger partial charge in [-0.1, -0.05) is 31.2 Å². The Morgan fingerprint density at radius 1 is 1.50 bits per heavy atom. The number of likely N-dealkylation sites (N-methyl/N-ethyl adjacent to an activating group) is 1. The number of hydrogen-bond donors (Lipinski definition) is 2. The highest BCUT2D eigenvalue weighted by Gasteiger charge is 2.33. The van der Waals surface area contributed by atoms with Gasteiger partial charge in [0.1, 0.15) is 0 Å². The van der Waals surface area contributed by atoms with Gasteiger partial charge < -0.3 is 10.8 Å². The van der Waals surface area contributed by atoms with Crippen molar-refractivity contribution in [1.29, 1.82) is 0 Å². The summed E-state index contributed by atoms with van der Waals surface area (Å²) in [5, 5.41) is 8.97. The zero-order valence-electron chi connectivity index (χ0n) is 8.98. The molecule has 80 valence electrons. The number of nitrogens with two attached hydrogens (primary N) is 1. The first-order valence-electron chi connectivity index (χ1n) is 5.12. The lowest BCUT2D eigenvalue weighted by molar-refractivity contribution is 0.109. The molecule has 14 heavy (non-hydrogen) atoms. The number of aliphatic hydroxyl groups excluding tert-OH is 1. The van der Waals surface area contributed by atoms with Crippen molar-refractivity contribution in [1.82, 2.24) is 4.90 Å². The van der Waals surface area contributed by atoms with Crippen molar-refractivity contribution in [3.63, 3.8) is 0 Å². The third-order valence-corrected chi connectivity index (χ3v) is 2.97. The lowest BCUT2D eigenvalue weighted by Crippen LogP contribution is -2.57. The fourth-order valence-corrected chi connectivity index (χ4v) is 1.92. The topological polar surface area (TPSA) is 49.5 Å². The van der Waals surface area contributed by atoms with E-state index in [-0.39, 0.29) is 18.2 Å². The third kappa shape index (κ3) is 2.05. The molecule has 2 atom stereocenters. The molecule has 1 aliphatic carbocycles. The van der Waals surface area contributed by atoms with Crippen molar-refractivity contribution in [3.8, 4) is 0 Å². The minimum atomic E-state index is -0.160. The van der Waals surface area contributed by atoms with Crippen LogP contribution < -0.4 is 5.73 Å². The van der Waals surface area contributed by atoms with E-state index in [0.717, 1.165) is 6.54 Å². The van der Waals surface area contributed by atoms with E-state index in [0.29, 0.717) is 6.54 Å². The molecule has 3 nitrogen and oxygen atoms in total. The maximum atomic E-state index is 8.97. The molecule has 1 rings (SSSR count). The summed E-state index contributed by atoms with van der Waals surface area (Å²) in [7, 11) is 0. The predicted octanol–water partition coefficient (Wildman–Crippen LogP) is 0.513. The summed E-state index contributed by atoms with van der Waals surface area (Å²) in [5.74, 6) is 0. The maximum absolute atomic E-state index is 8.97. The van der Waals surface area contributed by atoms with E-state index in [4.69, 9.17) is 10.8 Å². The second-order valence-corrected chi connectivity index (χ2v) is 3.80. The van der Waals surface area contributed by atoms with Crippen LogP contribution in [0, 0.1) is 0 Å². The smallest absolute Gasteiger partial charge is 0.0558 e. The quantitative estimate of drug-likeness (QED) is 0.689. The van der Waals surface area contributed by atoms with Crippen LogP contribution in [0.1, 0.15) is 13.8 Å². The maximum Gasteiger partial charge on any atom is 0.0558 e. The molecule has 0 fully saturated rings. The molecule has 2 unspecified atom stereocenters. The van der Waals surface area contributed by atoms with Crippen LogP contribution in [0.15, 0.2) is 24.3 Å². The highest BCUT2D eigenvalue weighted by atomic mass is 16.3. The standard InChI is InChI=1S/C11H20N2O/c1-3-13(8-9-14)11(2)7-5-4-6-10(11)12/h4-7,10,14H,3,8-9,12H2,1-2H3. The van der Waals surface area contributed by atoms with Gasteiger partial charge in [0.05, 0.1) is 12.1 Å². The van der Waals surface area contributed by atoms with Crippen molar-refractivity contribution in [3.05, 3.63) is 24.3 Å². The van der Waals surface area contributed by atoms with Gasteiger partial charge in [0, 0.05) is 12.6 Å². The largest absolute Gasteiger partial charge is 0.395 e. The third-order valence-electron chi connectivity index (χ3n) is 2.97. The van der Waals surface area contributed by atoms with Crippen LogP contribution in [0.3, 0.4) is 0 Å². The lowest BCUT2D eigenvalue weighted by Gasteiger charge is -2.42. The van der Waals surface area contributed by atoms with Crippen LogP contribution in [-0.2, 0) is 0 Å². The second-order valence-electron chi connectivity index (χ2n) is 3.80. The number of aliphatic hydroxyl groups is 1. The van der Waals surface area contributed by atoms with Gasteiger partial charge in [0.2, 0.25) is 0 Å². The Labute approximate surface area is 85.9 Å². The SMILES string of the molecule is CCN(CCO)C1(C)C=CC=CC1N. The van der Waals surface area contributed by atoms with E-state index < -0.39 is 0 Å². The molecule has 0 aromatic heterocycles. The highest BCUT2D eigenvalue weighted by molar-refractivity contribution is 5.26. The van der Waals surface area contributed by atoms with Crippen LogP contribution in [0.25, 0.3) is 0 Å². The van der Waals surface area contributed by atoms with Gasteiger partial charge in [-0.3, -0.25) is 4.90 Å². The number of hydrogen-bond acceptors (Lipinski definition) is 3. The minimum absolute atomic E-state index is 0.000926. The molecule has 0 aromatic rings. The van der Waals surface area contributed by atoms with Gasteiger partial charge in [-0.2, -0.15) is 0 Å². The Bertz CT molecular complexity index is 237. The second kappa shape index (κ2) is 4.73. The first kappa shape index (κ1) is 11.4. The molecule has 0 bridgehead atoms. The number of allylic oxidation sites excluding steroid dienone is 2. The summed E-state index contributed by atoms with van der Waals surface area (Å²) < 4.78 is 0. The summed E-state index contributed by atoms with van der Waals surface area (Å²) in [4.78, 5) is 2.19. The van der Waals surface area contributed by atoms with E-state index in [1.807, 2.05) is 18.2 Å². The molecule has 0 aromatic carbocycles. The lowest BCUT2D eigenvalue weighted by atomic mass is 9.87. The van der Waals surface area contributed by atoms with Crippen LogP contribution in [-0.4, -0.2) is 41.3 Å². The molecule has 3 N–H and O–H groups in total. The van der Waals surface area contributed by atoms with Gasteiger partial charge in [-0.05, 0) is 13.5 Å². The van der Waals surface area contributed by atoms with Gasteiger partial charge in [-0.15, -0.1) is 0 Å². The molecule has 1 aliphatic rings. The molecule has 3 heteroatoms. The molecule has 0 amide bonds. The van der Waals surface area contributed by atoms with E-state index in [1.165, 1.54) is 0 Å². The van der Waals surface area contributed by atoms with Crippen LogP contribution in [0.5, 0.6) is 0 Å². The fraction of sp³-hybridized carbons (Fsp3) is 0.636. The minimum Gasteiger partial charge on any atom is -0.395 e. The first-order chi connectivity index (χ1) is 6.65.